The van der Waals surface area contributed by atoms with E-state index in [-0.39, 0.29) is 5.41 Å². The molecule has 0 saturated heterocycles. The second kappa shape index (κ2) is 15.2. The maximum absolute atomic E-state index is 3.87. The van der Waals surface area contributed by atoms with Crippen molar-refractivity contribution in [2.45, 2.75) is 109 Å². The van der Waals surface area contributed by atoms with Crippen molar-refractivity contribution in [1.29, 1.82) is 0 Å². The van der Waals surface area contributed by atoms with Crippen LogP contribution in [0.1, 0.15) is 115 Å². The third kappa shape index (κ3) is 6.94. The normalized spacial score (nSPS) is 13.2. The summed E-state index contributed by atoms with van der Waals surface area (Å²) in [5.41, 5.74) is 11.4. The highest BCUT2D eigenvalue weighted by Gasteiger charge is 2.42. The Balaban J connectivity index is 1.55. The smallest absolute Gasteiger partial charge is 0.0215 e. The van der Waals surface area contributed by atoms with Crippen LogP contribution in [0.15, 0.2) is 95.5 Å². The number of rotatable bonds is 16. The summed E-state index contributed by atoms with van der Waals surface area (Å²) in [6.45, 7) is 4.63. The van der Waals surface area contributed by atoms with Crippen molar-refractivity contribution in [3.63, 3.8) is 0 Å². The van der Waals surface area contributed by atoms with Crippen molar-refractivity contribution in [3.05, 3.63) is 107 Å². The molecule has 1 aliphatic rings. The summed E-state index contributed by atoms with van der Waals surface area (Å²) in [4.78, 5) is 0. The van der Waals surface area contributed by atoms with Crippen molar-refractivity contribution in [2.24, 2.45) is 0 Å². The Labute approximate surface area is 264 Å². The van der Waals surface area contributed by atoms with E-state index < -0.39 is 0 Å². The maximum Gasteiger partial charge on any atom is 0.0215 e. The van der Waals surface area contributed by atoms with Gasteiger partial charge in [0.2, 0.25) is 0 Å². The molecule has 0 fully saturated rings. The van der Waals surface area contributed by atoms with Crippen molar-refractivity contribution < 1.29 is 0 Å². The lowest BCUT2D eigenvalue weighted by atomic mass is 9.70. The fraction of sp³-hybridized carbons (Fsp3) is 0.415. The first kappa shape index (κ1) is 30.8. The molecular formula is C41H49Br. The van der Waals surface area contributed by atoms with Gasteiger partial charge < -0.3 is 0 Å². The molecule has 0 atom stereocenters. The largest absolute Gasteiger partial charge is 0.0654 e. The molecule has 220 valence electrons. The highest BCUT2D eigenvalue weighted by Crippen LogP contribution is 2.55. The number of fused-ring (bicyclic) bond motifs is 3. The Bertz CT molecular complexity index is 1400. The fourth-order valence-electron chi connectivity index (χ4n) is 7.32. The number of unbranched alkanes of at least 4 members (excludes halogenated alkanes) is 10. The van der Waals surface area contributed by atoms with E-state index in [1.165, 1.54) is 128 Å². The number of hydrogen-bond acceptors (Lipinski definition) is 0. The summed E-state index contributed by atoms with van der Waals surface area (Å²) in [7, 11) is 0. The van der Waals surface area contributed by atoms with E-state index in [1.807, 2.05) is 0 Å². The van der Waals surface area contributed by atoms with Crippen LogP contribution < -0.4 is 0 Å². The van der Waals surface area contributed by atoms with Crippen molar-refractivity contribution in [3.8, 4) is 33.4 Å². The van der Waals surface area contributed by atoms with E-state index >= 15 is 0 Å². The molecule has 5 rings (SSSR count). The van der Waals surface area contributed by atoms with E-state index in [0.29, 0.717) is 0 Å². The molecular weight excluding hydrogens is 572 g/mol. The predicted octanol–water partition coefficient (Wildman–Crippen LogP) is 13.6. The van der Waals surface area contributed by atoms with Gasteiger partial charge in [-0.3, -0.25) is 0 Å². The lowest BCUT2D eigenvalue weighted by Gasteiger charge is -2.33. The monoisotopic (exact) mass is 620 g/mol. The molecule has 0 bridgehead atoms. The minimum Gasteiger partial charge on any atom is -0.0654 e. The number of benzene rings is 4. The van der Waals surface area contributed by atoms with Crippen LogP contribution in [0.3, 0.4) is 0 Å². The van der Waals surface area contributed by atoms with Gasteiger partial charge in [-0.1, -0.05) is 180 Å². The Kier molecular flexibility index (Phi) is 11.1. The van der Waals surface area contributed by atoms with Crippen LogP contribution in [0.5, 0.6) is 0 Å². The molecule has 4 aromatic carbocycles. The van der Waals surface area contributed by atoms with Gasteiger partial charge in [0.25, 0.3) is 0 Å². The molecule has 0 amide bonds. The Hall–Kier alpha value is -2.64. The Morgan fingerprint density at radius 1 is 0.452 bits per heavy atom. The third-order valence-corrected chi connectivity index (χ3v) is 10.1. The van der Waals surface area contributed by atoms with Crippen molar-refractivity contribution in [2.75, 3.05) is 0 Å². The molecule has 0 aromatic heterocycles. The van der Waals surface area contributed by atoms with E-state index in [2.05, 4.69) is 121 Å². The summed E-state index contributed by atoms with van der Waals surface area (Å²) in [6.07, 6.45) is 18.6. The Morgan fingerprint density at radius 3 is 1.57 bits per heavy atom. The molecule has 0 saturated carbocycles. The van der Waals surface area contributed by atoms with Gasteiger partial charge >= 0.3 is 0 Å². The summed E-state index contributed by atoms with van der Waals surface area (Å²) in [5.74, 6) is 0. The zero-order valence-corrected chi connectivity index (χ0v) is 27.5. The Morgan fingerprint density at radius 2 is 0.952 bits per heavy atom. The molecule has 0 unspecified atom stereocenters. The van der Waals surface area contributed by atoms with Gasteiger partial charge in [-0.2, -0.15) is 0 Å². The molecule has 4 aromatic rings. The predicted molar refractivity (Wildman–Crippen MR) is 187 cm³/mol. The van der Waals surface area contributed by atoms with E-state index in [0.717, 1.165) is 0 Å². The zero-order chi connectivity index (χ0) is 29.2. The molecule has 1 heteroatoms. The van der Waals surface area contributed by atoms with Crippen molar-refractivity contribution >= 4 is 15.9 Å². The van der Waals surface area contributed by atoms with Crippen molar-refractivity contribution in [1.82, 2.24) is 0 Å². The minimum absolute atomic E-state index is 0.0850. The van der Waals surface area contributed by atoms with Crippen LogP contribution in [-0.4, -0.2) is 0 Å². The molecule has 0 spiro atoms. The van der Waals surface area contributed by atoms with Gasteiger partial charge in [0, 0.05) is 9.89 Å². The van der Waals surface area contributed by atoms with Gasteiger partial charge in [-0.05, 0) is 75.5 Å². The maximum atomic E-state index is 3.87. The summed E-state index contributed by atoms with van der Waals surface area (Å²) < 4.78 is 1.21. The number of halogens is 1. The standard InChI is InChI=1S/C41H49Br/c1-3-5-7-9-11-18-28-41(29-19-12-10-8-6-4-2)39-30-33(24-26-37(39)38-27-25-34(42)31-40(38)41)36-23-17-16-22-35(36)32-20-14-13-15-21-32/h13-17,20-27,30-31H,3-12,18-19,28-29H2,1-2H3. The molecule has 0 aliphatic heterocycles. The fourth-order valence-corrected chi connectivity index (χ4v) is 7.68. The molecule has 0 nitrogen and oxygen atoms in total. The average Bonchev–Trinajstić information content (AvgIpc) is 3.29. The highest BCUT2D eigenvalue weighted by molar-refractivity contribution is 9.10. The second-order valence-electron chi connectivity index (χ2n) is 12.5. The highest BCUT2D eigenvalue weighted by atomic mass is 79.9. The van der Waals surface area contributed by atoms with Crippen LogP contribution in [0.4, 0.5) is 0 Å². The summed E-state index contributed by atoms with van der Waals surface area (Å²) in [5, 5.41) is 0. The molecule has 0 radical (unpaired) electrons. The van der Waals surface area contributed by atoms with Crippen LogP contribution in [0.2, 0.25) is 0 Å². The van der Waals surface area contributed by atoms with Gasteiger partial charge in [-0.15, -0.1) is 0 Å². The first-order valence-corrected chi connectivity index (χ1v) is 17.6. The van der Waals surface area contributed by atoms with Crippen LogP contribution >= 0.6 is 15.9 Å². The van der Waals surface area contributed by atoms with E-state index in [1.54, 1.807) is 11.1 Å². The zero-order valence-electron chi connectivity index (χ0n) is 25.9. The molecule has 0 heterocycles. The number of hydrogen-bond donors (Lipinski definition) is 0. The molecule has 1 aliphatic carbocycles. The van der Waals surface area contributed by atoms with Gasteiger partial charge in [0.15, 0.2) is 0 Å². The molecule has 0 N–H and O–H groups in total. The van der Waals surface area contributed by atoms with E-state index in [4.69, 9.17) is 0 Å². The topological polar surface area (TPSA) is 0 Å². The van der Waals surface area contributed by atoms with Crippen LogP contribution in [0.25, 0.3) is 33.4 Å². The minimum atomic E-state index is 0.0850. The lowest BCUT2D eigenvalue weighted by Crippen LogP contribution is -2.25. The first-order chi connectivity index (χ1) is 20.7. The average molecular weight is 622 g/mol. The SMILES string of the molecule is CCCCCCCCC1(CCCCCCCC)c2cc(Br)ccc2-c2ccc(-c3ccccc3-c3ccccc3)cc21. The summed E-state index contributed by atoms with van der Waals surface area (Å²) in [6, 6.07) is 34.3. The van der Waals surface area contributed by atoms with Gasteiger partial charge in [0.05, 0.1) is 0 Å². The summed E-state index contributed by atoms with van der Waals surface area (Å²) >= 11 is 3.87. The third-order valence-electron chi connectivity index (χ3n) is 9.56. The van der Waals surface area contributed by atoms with E-state index in [9.17, 15) is 0 Å². The lowest BCUT2D eigenvalue weighted by molar-refractivity contribution is 0.398. The van der Waals surface area contributed by atoms with Gasteiger partial charge in [0.1, 0.15) is 0 Å². The van der Waals surface area contributed by atoms with Gasteiger partial charge in [-0.25, -0.2) is 0 Å². The molecule has 42 heavy (non-hydrogen) atoms. The van der Waals surface area contributed by atoms with Crippen LogP contribution in [-0.2, 0) is 5.41 Å². The first-order valence-electron chi connectivity index (χ1n) is 16.8. The quantitative estimate of drug-likeness (QED) is 0.109. The second-order valence-corrected chi connectivity index (χ2v) is 13.4. The van der Waals surface area contributed by atoms with Crippen LogP contribution in [0, 0.1) is 0 Å².